The molecule has 6 nitrogen and oxygen atoms in total. The Morgan fingerprint density at radius 1 is 1.26 bits per heavy atom. The van der Waals surface area contributed by atoms with E-state index < -0.39 is 0 Å². The molecule has 2 aliphatic heterocycles. The number of morpholine rings is 1. The van der Waals surface area contributed by atoms with Gasteiger partial charge in [0.2, 0.25) is 11.9 Å². The van der Waals surface area contributed by atoms with Gasteiger partial charge in [0, 0.05) is 37.8 Å². The number of halogens is 1. The first-order valence-corrected chi connectivity index (χ1v) is 9.30. The van der Waals surface area contributed by atoms with Crippen molar-refractivity contribution in [2.75, 3.05) is 31.2 Å². The molecule has 0 saturated carbocycles. The van der Waals surface area contributed by atoms with Crippen LogP contribution in [0.1, 0.15) is 28.8 Å². The summed E-state index contributed by atoms with van der Waals surface area (Å²) in [5.41, 5.74) is 3.38. The van der Waals surface area contributed by atoms with Gasteiger partial charge in [0.25, 0.3) is 0 Å². The summed E-state index contributed by atoms with van der Waals surface area (Å²) in [4.78, 5) is 25.6. The summed E-state index contributed by atoms with van der Waals surface area (Å²) in [7, 11) is 0. The lowest BCUT2D eigenvalue weighted by Gasteiger charge is -2.26. The average molecular weight is 370 g/mol. The number of amides is 1. The van der Waals surface area contributed by atoms with Crippen LogP contribution in [0.3, 0.4) is 0 Å². The number of carbonyl (C=O) groups excluding carboxylic acids is 1. The maximum atomic E-state index is 13.7. The summed E-state index contributed by atoms with van der Waals surface area (Å²) < 4.78 is 19.0. The summed E-state index contributed by atoms with van der Waals surface area (Å²) in [6.45, 7) is 5.73. The molecular formula is C20H23FN4O2. The number of hydrogen-bond donors (Lipinski definition) is 0. The number of carbonyl (C=O) groups is 1. The normalized spacial score (nSPS) is 16.5. The van der Waals surface area contributed by atoms with Crippen LogP contribution >= 0.6 is 0 Å². The van der Waals surface area contributed by atoms with Crippen molar-refractivity contribution in [1.82, 2.24) is 14.9 Å². The van der Waals surface area contributed by atoms with Crippen molar-refractivity contribution in [2.24, 2.45) is 0 Å². The van der Waals surface area contributed by atoms with Crippen LogP contribution in [0.5, 0.6) is 0 Å². The first-order chi connectivity index (χ1) is 13.1. The molecule has 0 aliphatic carbocycles. The Morgan fingerprint density at radius 3 is 2.85 bits per heavy atom. The molecule has 2 aliphatic rings. The number of nitrogens with zero attached hydrogens (tertiary/aromatic N) is 4. The molecule has 1 aromatic heterocycles. The third-order valence-electron chi connectivity index (χ3n) is 5.15. The highest BCUT2D eigenvalue weighted by atomic mass is 19.1. The minimum atomic E-state index is -0.223. The Bertz CT molecular complexity index is 852. The van der Waals surface area contributed by atoms with E-state index in [4.69, 9.17) is 4.74 Å². The van der Waals surface area contributed by atoms with Gasteiger partial charge in [-0.25, -0.2) is 14.4 Å². The fraction of sp³-hybridized carbons (Fsp3) is 0.450. The molecule has 142 valence electrons. The smallest absolute Gasteiger partial charge is 0.225 e. The summed E-state index contributed by atoms with van der Waals surface area (Å²) in [5, 5.41) is 0. The van der Waals surface area contributed by atoms with Gasteiger partial charge in [-0.05, 0) is 30.5 Å². The Kier molecular flexibility index (Phi) is 5.03. The van der Waals surface area contributed by atoms with E-state index in [9.17, 15) is 9.18 Å². The molecule has 0 N–H and O–H groups in total. The van der Waals surface area contributed by atoms with Gasteiger partial charge in [-0.1, -0.05) is 12.1 Å². The van der Waals surface area contributed by atoms with Crippen LogP contribution < -0.4 is 4.90 Å². The predicted octanol–water partition coefficient (Wildman–Crippen LogP) is 2.24. The lowest BCUT2D eigenvalue weighted by atomic mass is 10.1. The fourth-order valence-corrected chi connectivity index (χ4v) is 3.44. The largest absolute Gasteiger partial charge is 0.378 e. The van der Waals surface area contributed by atoms with Crippen LogP contribution in [-0.4, -0.2) is 47.1 Å². The molecule has 0 spiro atoms. The van der Waals surface area contributed by atoms with E-state index in [1.54, 1.807) is 17.9 Å². The highest BCUT2D eigenvalue weighted by Gasteiger charge is 2.26. The molecule has 1 amide bonds. The van der Waals surface area contributed by atoms with Crippen LogP contribution in [-0.2, 0) is 29.0 Å². The highest BCUT2D eigenvalue weighted by molar-refractivity contribution is 5.77. The summed E-state index contributed by atoms with van der Waals surface area (Å²) >= 11 is 0. The molecular weight excluding hydrogens is 347 g/mol. The van der Waals surface area contributed by atoms with E-state index in [1.807, 2.05) is 12.3 Å². The quantitative estimate of drug-likeness (QED) is 0.826. The first-order valence-electron chi connectivity index (χ1n) is 9.30. The fourth-order valence-electron chi connectivity index (χ4n) is 3.44. The van der Waals surface area contributed by atoms with E-state index in [0.29, 0.717) is 50.7 Å². The van der Waals surface area contributed by atoms with Crippen molar-refractivity contribution in [2.45, 2.75) is 32.9 Å². The maximum absolute atomic E-state index is 13.7. The van der Waals surface area contributed by atoms with Crippen molar-refractivity contribution in [3.05, 3.63) is 52.6 Å². The minimum Gasteiger partial charge on any atom is -0.378 e. The van der Waals surface area contributed by atoms with Crippen molar-refractivity contribution in [3.8, 4) is 0 Å². The standard InChI is InChI=1S/C20H23FN4O2/c1-14-2-3-15(10-17(14)21)4-5-19(26)25-12-16-11-22-20(23-18(16)13-25)24-6-8-27-9-7-24/h2-3,10-11H,4-9,12-13H2,1H3. The summed E-state index contributed by atoms with van der Waals surface area (Å²) in [6, 6.07) is 5.15. The topological polar surface area (TPSA) is 58.6 Å². The third-order valence-corrected chi connectivity index (χ3v) is 5.15. The Balaban J connectivity index is 1.37. The molecule has 0 radical (unpaired) electrons. The monoisotopic (exact) mass is 370 g/mol. The van der Waals surface area contributed by atoms with Crippen molar-refractivity contribution in [1.29, 1.82) is 0 Å². The second-order valence-corrected chi connectivity index (χ2v) is 7.07. The van der Waals surface area contributed by atoms with Crippen molar-refractivity contribution >= 4 is 11.9 Å². The van der Waals surface area contributed by atoms with E-state index in [0.717, 1.165) is 29.9 Å². The van der Waals surface area contributed by atoms with Gasteiger partial charge >= 0.3 is 0 Å². The van der Waals surface area contributed by atoms with E-state index in [2.05, 4.69) is 14.9 Å². The van der Waals surface area contributed by atoms with Crippen molar-refractivity contribution in [3.63, 3.8) is 0 Å². The van der Waals surface area contributed by atoms with Crippen LogP contribution in [0, 0.1) is 12.7 Å². The molecule has 0 bridgehead atoms. The lowest BCUT2D eigenvalue weighted by molar-refractivity contribution is -0.131. The molecule has 1 fully saturated rings. The zero-order valence-corrected chi connectivity index (χ0v) is 15.4. The number of aryl methyl sites for hydroxylation is 2. The Labute approximate surface area is 158 Å². The van der Waals surface area contributed by atoms with Crippen LogP contribution in [0.25, 0.3) is 0 Å². The SMILES string of the molecule is Cc1ccc(CCC(=O)N2Cc3cnc(N4CCOCC4)nc3C2)cc1F. The van der Waals surface area contributed by atoms with E-state index in [1.165, 1.54) is 6.07 Å². The van der Waals surface area contributed by atoms with Gasteiger partial charge in [-0.3, -0.25) is 4.79 Å². The van der Waals surface area contributed by atoms with Crippen LogP contribution in [0.4, 0.5) is 10.3 Å². The molecule has 1 aromatic carbocycles. The second kappa shape index (κ2) is 7.60. The van der Waals surface area contributed by atoms with Gasteiger partial charge in [0.05, 0.1) is 25.5 Å². The molecule has 3 heterocycles. The van der Waals surface area contributed by atoms with Gasteiger partial charge in [-0.15, -0.1) is 0 Å². The van der Waals surface area contributed by atoms with Crippen molar-refractivity contribution < 1.29 is 13.9 Å². The van der Waals surface area contributed by atoms with Gasteiger partial charge in [0.1, 0.15) is 5.82 Å². The minimum absolute atomic E-state index is 0.0573. The molecule has 0 unspecified atom stereocenters. The number of hydrogen-bond acceptors (Lipinski definition) is 5. The molecule has 4 rings (SSSR count). The van der Waals surface area contributed by atoms with Gasteiger partial charge in [0.15, 0.2) is 0 Å². The number of fused-ring (bicyclic) bond motifs is 1. The number of aromatic nitrogens is 2. The Morgan fingerprint density at radius 2 is 2.07 bits per heavy atom. The zero-order chi connectivity index (χ0) is 18.8. The highest BCUT2D eigenvalue weighted by Crippen LogP contribution is 2.24. The molecule has 7 heteroatoms. The molecule has 27 heavy (non-hydrogen) atoms. The van der Waals surface area contributed by atoms with Crippen LogP contribution in [0.2, 0.25) is 0 Å². The maximum Gasteiger partial charge on any atom is 0.225 e. The third kappa shape index (κ3) is 3.93. The molecule has 1 saturated heterocycles. The molecule has 2 aromatic rings. The number of rotatable bonds is 4. The zero-order valence-electron chi connectivity index (χ0n) is 15.4. The Hall–Kier alpha value is -2.54. The summed E-state index contributed by atoms with van der Waals surface area (Å²) in [6.07, 6.45) is 2.73. The lowest BCUT2D eigenvalue weighted by Crippen LogP contribution is -2.37. The number of benzene rings is 1. The van der Waals surface area contributed by atoms with Gasteiger partial charge in [-0.2, -0.15) is 0 Å². The van der Waals surface area contributed by atoms with Crippen LogP contribution in [0.15, 0.2) is 24.4 Å². The number of ether oxygens (including phenoxy) is 1. The predicted molar refractivity (Wildman–Crippen MR) is 98.8 cm³/mol. The van der Waals surface area contributed by atoms with E-state index in [-0.39, 0.29) is 11.7 Å². The number of anilines is 1. The molecule has 0 atom stereocenters. The first kappa shape index (κ1) is 17.9. The van der Waals surface area contributed by atoms with Gasteiger partial charge < -0.3 is 14.5 Å². The summed E-state index contributed by atoms with van der Waals surface area (Å²) in [5.74, 6) is 0.544. The second-order valence-electron chi connectivity index (χ2n) is 7.07. The average Bonchev–Trinajstić information content (AvgIpc) is 3.13. The van der Waals surface area contributed by atoms with E-state index >= 15 is 0 Å².